The molecule has 0 aliphatic carbocycles. The Balaban J connectivity index is 2.35. The number of hydrogen-bond acceptors (Lipinski definition) is 11. The van der Waals surface area contributed by atoms with E-state index in [1.165, 1.54) is 0 Å². The van der Waals surface area contributed by atoms with Crippen molar-refractivity contribution in [3.8, 4) is 0 Å². The summed E-state index contributed by atoms with van der Waals surface area (Å²) in [5.74, 6) is -3.78. The quantitative estimate of drug-likeness (QED) is 0.279. The lowest BCUT2D eigenvalue weighted by molar-refractivity contribution is -0.268. The first kappa shape index (κ1) is 25.6. The van der Waals surface area contributed by atoms with Gasteiger partial charge < -0.3 is 24.3 Å². The fourth-order valence-electron chi connectivity index (χ4n) is 3.30. The molecule has 1 aromatic carbocycles. The summed E-state index contributed by atoms with van der Waals surface area (Å²) in [6, 6.07) is 6.84. The SMILES string of the molecule is [2H]CC(=O)N[C@H]1C(OC(C)=O)O[C@H](COS(=O)(=O)Cc2ccccc2)[C@H](OC(C)=O)[C@@H]1OC(C)=O. The highest BCUT2D eigenvalue weighted by molar-refractivity contribution is 7.85. The van der Waals surface area contributed by atoms with Gasteiger partial charge in [0.1, 0.15) is 17.9 Å². The Morgan fingerprint density at radius 2 is 1.56 bits per heavy atom. The number of rotatable bonds is 9. The van der Waals surface area contributed by atoms with Crippen molar-refractivity contribution >= 4 is 33.9 Å². The van der Waals surface area contributed by atoms with E-state index in [2.05, 4.69) is 5.32 Å². The van der Waals surface area contributed by atoms with Gasteiger partial charge in [0.15, 0.2) is 12.2 Å². The third-order valence-corrected chi connectivity index (χ3v) is 5.64. The van der Waals surface area contributed by atoms with Crippen LogP contribution in [0.2, 0.25) is 0 Å². The van der Waals surface area contributed by atoms with Crippen molar-refractivity contribution in [2.24, 2.45) is 0 Å². The molecule has 0 saturated carbocycles. The second kappa shape index (κ2) is 11.9. The minimum Gasteiger partial charge on any atom is -0.456 e. The van der Waals surface area contributed by atoms with Crippen molar-refractivity contribution in [2.45, 2.75) is 64.1 Å². The second-order valence-electron chi connectivity index (χ2n) is 7.37. The van der Waals surface area contributed by atoms with E-state index < -0.39 is 83.8 Å². The van der Waals surface area contributed by atoms with Gasteiger partial charge in [0.05, 0.1) is 6.61 Å². The van der Waals surface area contributed by atoms with Crippen molar-refractivity contribution in [3.05, 3.63) is 35.9 Å². The Labute approximate surface area is 198 Å². The zero-order valence-electron chi connectivity index (χ0n) is 19.8. The molecule has 0 aromatic heterocycles. The van der Waals surface area contributed by atoms with Crippen LogP contribution in [0.3, 0.4) is 0 Å². The Bertz CT molecular complexity index is 1020. The van der Waals surface area contributed by atoms with Crippen LogP contribution in [-0.2, 0) is 58.2 Å². The number of benzene rings is 1. The summed E-state index contributed by atoms with van der Waals surface area (Å²) in [4.78, 5) is 47.2. The van der Waals surface area contributed by atoms with E-state index in [9.17, 15) is 27.6 Å². The van der Waals surface area contributed by atoms with Crippen LogP contribution in [0.1, 0.15) is 34.6 Å². The molecule has 34 heavy (non-hydrogen) atoms. The van der Waals surface area contributed by atoms with Crippen molar-refractivity contribution < 1.29 is 52.1 Å². The van der Waals surface area contributed by atoms with Gasteiger partial charge in [0, 0.05) is 29.0 Å². The molecule has 1 amide bonds. The van der Waals surface area contributed by atoms with E-state index in [0.29, 0.717) is 5.56 Å². The topological polar surface area (TPSA) is 161 Å². The summed E-state index contributed by atoms with van der Waals surface area (Å²) in [6.07, 6.45) is -5.88. The number of ether oxygens (including phenoxy) is 4. The molecule has 0 bridgehead atoms. The maximum absolute atomic E-state index is 12.5. The van der Waals surface area contributed by atoms with Gasteiger partial charge in [-0.1, -0.05) is 30.3 Å². The van der Waals surface area contributed by atoms with Crippen LogP contribution < -0.4 is 5.32 Å². The first-order chi connectivity index (χ1) is 16.4. The Morgan fingerprint density at radius 3 is 2.12 bits per heavy atom. The maximum Gasteiger partial charge on any atom is 0.305 e. The van der Waals surface area contributed by atoms with E-state index in [4.69, 9.17) is 24.5 Å². The number of carbonyl (C=O) groups excluding carboxylic acids is 4. The molecule has 1 N–H and O–H groups in total. The number of amides is 1. The molecule has 0 radical (unpaired) electrons. The molecular formula is C21H27NO11S. The summed E-state index contributed by atoms with van der Waals surface area (Å²) in [7, 11) is -4.13. The lowest BCUT2D eigenvalue weighted by Gasteiger charge is -2.44. The average molecular weight is 503 g/mol. The van der Waals surface area contributed by atoms with E-state index in [-0.39, 0.29) is 0 Å². The van der Waals surface area contributed by atoms with Crippen LogP contribution >= 0.6 is 0 Å². The summed E-state index contributed by atoms with van der Waals surface area (Å²) in [5.41, 5.74) is 0.461. The van der Waals surface area contributed by atoms with E-state index in [1.807, 2.05) is 0 Å². The van der Waals surface area contributed by atoms with Gasteiger partial charge in [0.25, 0.3) is 10.1 Å². The largest absolute Gasteiger partial charge is 0.456 e. The third kappa shape index (κ3) is 8.39. The molecule has 2 rings (SSSR count). The lowest BCUT2D eigenvalue weighted by Crippen LogP contribution is -2.66. The molecule has 1 aliphatic rings. The van der Waals surface area contributed by atoms with Gasteiger partial charge in [-0.05, 0) is 5.56 Å². The molecule has 1 saturated heterocycles. The minimum atomic E-state index is -4.13. The van der Waals surface area contributed by atoms with Crippen LogP contribution in [0.5, 0.6) is 0 Å². The average Bonchev–Trinajstić information content (AvgIpc) is 2.75. The number of hydrogen-bond donors (Lipinski definition) is 1. The third-order valence-electron chi connectivity index (χ3n) is 4.46. The van der Waals surface area contributed by atoms with Crippen LogP contribution in [0.25, 0.3) is 0 Å². The van der Waals surface area contributed by atoms with Crippen molar-refractivity contribution in [1.29, 1.82) is 0 Å². The number of carbonyl (C=O) groups is 4. The smallest absolute Gasteiger partial charge is 0.305 e. The predicted octanol–water partition coefficient (Wildman–Crippen LogP) is 0.189. The zero-order chi connectivity index (χ0) is 26.2. The monoisotopic (exact) mass is 502 g/mol. The van der Waals surface area contributed by atoms with Crippen molar-refractivity contribution in [3.63, 3.8) is 0 Å². The first-order valence-corrected chi connectivity index (χ1v) is 11.7. The van der Waals surface area contributed by atoms with Gasteiger partial charge in [0.2, 0.25) is 12.2 Å². The van der Waals surface area contributed by atoms with Gasteiger partial charge in [-0.15, -0.1) is 0 Å². The lowest BCUT2D eigenvalue weighted by atomic mass is 9.96. The Kier molecular flexibility index (Phi) is 8.96. The van der Waals surface area contributed by atoms with Gasteiger partial charge in [-0.3, -0.25) is 23.4 Å². The number of nitrogens with one attached hydrogen (secondary N) is 1. The summed E-state index contributed by atoms with van der Waals surface area (Å²) >= 11 is 0. The van der Waals surface area contributed by atoms with Crippen LogP contribution in [0, 0.1) is 0 Å². The van der Waals surface area contributed by atoms with E-state index in [0.717, 1.165) is 20.8 Å². The molecule has 1 aromatic rings. The second-order valence-corrected chi connectivity index (χ2v) is 9.01. The fourth-order valence-corrected chi connectivity index (χ4v) is 4.32. The summed E-state index contributed by atoms with van der Waals surface area (Å²) in [6.45, 7) is 1.77. The van der Waals surface area contributed by atoms with Crippen LogP contribution in [0.15, 0.2) is 30.3 Å². The zero-order valence-corrected chi connectivity index (χ0v) is 19.6. The van der Waals surface area contributed by atoms with E-state index in [1.54, 1.807) is 30.3 Å². The molecule has 12 nitrogen and oxygen atoms in total. The first-order valence-electron chi connectivity index (χ1n) is 10.8. The predicted molar refractivity (Wildman–Crippen MR) is 114 cm³/mol. The van der Waals surface area contributed by atoms with Gasteiger partial charge in [-0.2, -0.15) is 8.42 Å². The molecule has 13 heteroatoms. The molecule has 1 unspecified atom stereocenters. The molecular weight excluding hydrogens is 474 g/mol. The minimum absolute atomic E-state index is 0.457. The maximum atomic E-state index is 12.5. The van der Waals surface area contributed by atoms with Gasteiger partial charge >= 0.3 is 17.9 Å². The highest BCUT2D eigenvalue weighted by Gasteiger charge is 2.52. The van der Waals surface area contributed by atoms with Gasteiger partial charge in [-0.25, -0.2) is 0 Å². The highest BCUT2D eigenvalue weighted by Crippen LogP contribution is 2.28. The van der Waals surface area contributed by atoms with Crippen LogP contribution in [-0.4, -0.2) is 69.5 Å². The summed E-state index contributed by atoms with van der Waals surface area (Å²) in [5, 5.41) is 2.35. The molecule has 1 aliphatic heterocycles. The van der Waals surface area contributed by atoms with Crippen LogP contribution in [0.4, 0.5) is 0 Å². The molecule has 5 atom stereocenters. The van der Waals surface area contributed by atoms with Crippen molar-refractivity contribution in [2.75, 3.05) is 6.61 Å². The Morgan fingerprint density at radius 1 is 0.971 bits per heavy atom. The fraction of sp³-hybridized carbons (Fsp3) is 0.524. The molecule has 188 valence electrons. The molecule has 1 heterocycles. The Hall–Kier alpha value is -3.03. The number of esters is 3. The normalized spacial score (nSPS) is 24.9. The standard InChI is InChI=1S/C21H27NO11S/c1-12(23)22-18-20(31-14(3)25)19(30-13(2)24)17(33-21(18)32-15(4)26)10-29-34(27,28)11-16-8-6-5-7-9-16/h5-9,17-21H,10-11H2,1-4H3,(H,22,23)/t17-,18-,19+,20-,21?/m1/s1/i1D. The summed E-state index contributed by atoms with van der Waals surface area (Å²) < 4.78 is 58.6. The van der Waals surface area contributed by atoms with Crippen molar-refractivity contribution in [1.82, 2.24) is 5.32 Å². The molecule has 0 spiro atoms. The molecule has 1 fully saturated rings. The van der Waals surface area contributed by atoms with E-state index >= 15 is 0 Å². The highest BCUT2D eigenvalue weighted by atomic mass is 32.2.